The first-order valence-corrected chi connectivity index (χ1v) is 8.17. The van der Waals surface area contributed by atoms with Gasteiger partial charge in [-0.15, -0.1) is 0 Å². The molecule has 1 N–H and O–H groups in total. The standard InChI is InChI=1S/C17H25N3O3/c1-4-9-18-17(22)19-10-11-20(16(21)13(19)3)14-7-6-8-15(12-14)23-5-2/h6-8,12-13H,4-5,9-11H2,1-3H3,(H,18,22)/t13-/m1/s1. The second kappa shape index (κ2) is 7.85. The van der Waals surface area contributed by atoms with E-state index in [2.05, 4.69) is 5.32 Å². The number of benzene rings is 1. The lowest BCUT2D eigenvalue weighted by atomic mass is 10.1. The summed E-state index contributed by atoms with van der Waals surface area (Å²) in [5.41, 5.74) is 0.807. The summed E-state index contributed by atoms with van der Waals surface area (Å²) in [6.07, 6.45) is 0.873. The van der Waals surface area contributed by atoms with Gasteiger partial charge < -0.3 is 19.9 Å². The highest BCUT2D eigenvalue weighted by Crippen LogP contribution is 2.24. The van der Waals surface area contributed by atoms with Gasteiger partial charge in [-0.1, -0.05) is 13.0 Å². The van der Waals surface area contributed by atoms with Gasteiger partial charge in [0, 0.05) is 31.4 Å². The Bertz CT molecular complexity index is 562. The Hall–Kier alpha value is -2.24. The van der Waals surface area contributed by atoms with Crippen LogP contribution in [0.3, 0.4) is 0 Å². The number of carbonyl (C=O) groups excluding carboxylic acids is 2. The number of amides is 3. The highest BCUT2D eigenvalue weighted by molar-refractivity contribution is 6.00. The molecule has 0 unspecified atom stereocenters. The molecule has 0 bridgehead atoms. The molecule has 6 heteroatoms. The third-order valence-electron chi connectivity index (χ3n) is 3.88. The van der Waals surface area contributed by atoms with E-state index in [1.807, 2.05) is 38.1 Å². The quantitative estimate of drug-likeness (QED) is 0.905. The first-order chi connectivity index (χ1) is 11.1. The SMILES string of the molecule is CCCNC(=O)N1CCN(c2cccc(OCC)c2)C(=O)[C@H]1C. The Morgan fingerprint density at radius 1 is 1.35 bits per heavy atom. The molecule has 6 nitrogen and oxygen atoms in total. The fourth-order valence-electron chi connectivity index (χ4n) is 2.65. The molecule has 1 heterocycles. The van der Waals surface area contributed by atoms with Crippen LogP contribution in [0.25, 0.3) is 0 Å². The summed E-state index contributed by atoms with van der Waals surface area (Å²) in [6, 6.07) is 6.85. The van der Waals surface area contributed by atoms with Gasteiger partial charge in [0.25, 0.3) is 0 Å². The Morgan fingerprint density at radius 3 is 2.83 bits per heavy atom. The predicted molar refractivity (Wildman–Crippen MR) is 89.8 cm³/mol. The molecule has 23 heavy (non-hydrogen) atoms. The average molecular weight is 319 g/mol. The molecule has 0 radical (unpaired) electrons. The van der Waals surface area contributed by atoms with Crippen LogP contribution in [0.2, 0.25) is 0 Å². The van der Waals surface area contributed by atoms with E-state index in [1.54, 1.807) is 16.7 Å². The maximum atomic E-state index is 12.6. The minimum atomic E-state index is -0.476. The molecule has 2 rings (SSSR count). The third-order valence-corrected chi connectivity index (χ3v) is 3.88. The van der Waals surface area contributed by atoms with Gasteiger partial charge in [-0.3, -0.25) is 4.79 Å². The molecule has 0 spiro atoms. The first-order valence-electron chi connectivity index (χ1n) is 8.17. The van der Waals surface area contributed by atoms with Gasteiger partial charge in [0.2, 0.25) is 5.91 Å². The van der Waals surface area contributed by atoms with Crippen LogP contribution in [0.5, 0.6) is 5.75 Å². The van der Waals surface area contributed by atoms with E-state index >= 15 is 0 Å². The van der Waals surface area contributed by atoms with Crippen LogP contribution in [0.1, 0.15) is 27.2 Å². The molecule has 0 aromatic heterocycles. The van der Waals surface area contributed by atoms with Crippen molar-refractivity contribution in [2.45, 2.75) is 33.2 Å². The number of ether oxygens (including phenoxy) is 1. The molecule has 1 aromatic rings. The molecule has 1 aliphatic heterocycles. The van der Waals surface area contributed by atoms with E-state index < -0.39 is 6.04 Å². The van der Waals surface area contributed by atoms with Crippen molar-refractivity contribution in [3.63, 3.8) is 0 Å². The summed E-state index contributed by atoms with van der Waals surface area (Å²) in [7, 11) is 0. The van der Waals surface area contributed by atoms with E-state index in [4.69, 9.17) is 4.74 Å². The Kier molecular flexibility index (Phi) is 5.84. The van der Waals surface area contributed by atoms with Gasteiger partial charge in [0.15, 0.2) is 0 Å². The van der Waals surface area contributed by atoms with Gasteiger partial charge in [-0.25, -0.2) is 4.79 Å². The minimum Gasteiger partial charge on any atom is -0.494 e. The van der Waals surface area contributed by atoms with Crippen molar-refractivity contribution in [1.29, 1.82) is 0 Å². The van der Waals surface area contributed by atoms with Gasteiger partial charge in [0.1, 0.15) is 11.8 Å². The molecule has 1 aliphatic rings. The zero-order valence-corrected chi connectivity index (χ0v) is 14.0. The zero-order valence-electron chi connectivity index (χ0n) is 14.0. The van der Waals surface area contributed by atoms with Crippen molar-refractivity contribution >= 4 is 17.6 Å². The van der Waals surface area contributed by atoms with Crippen LogP contribution < -0.4 is 15.0 Å². The first kappa shape index (κ1) is 17.1. The summed E-state index contributed by atoms with van der Waals surface area (Å²) < 4.78 is 5.49. The van der Waals surface area contributed by atoms with E-state index in [1.165, 1.54) is 0 Å². The lowest BCUT2D eigenvalue weighted by Crippen LogP contribution is -2.59. The molecule has 1 saturated heterocycles. The molecule has 126 valence electrons. The largest absolute Gasteiger partial charge is 0.494 e. The Balaban J connectivity index is 2.09. The van der Waals surface area contributed by atoms with Gasteiger partial charge in [-0.05, 0) is 32.4 Å². The number of piperazine rings is 1. The number of urea groups is 1. The van der Waals surface area contributed by atoms with Crippen LogP contribution in [-0.4, -0.2) is 49.1 Å². The fraction of sp³-hybridized carbons (Fsp3) is 0.529. The van der Waals surface area contributed by atoms with Gasteiger partial charge in [-0.2, -0.15) is 0 Å². The highest BCUT2D eigenvalue weighted by Gasteiger charge is 2.34. The fourth-order valence-corrected chi connectivity index (χ4v) is 2.65. The highest BCUT2D eigenvalue weighted by atomic mass is 16.5. The second-order valence-corrected chi connectivity index (χ2v) is 5.52. The summed E-state index contributed by atoms with van der Waals surface area (Å²) >= 11 is 0. The molecule has 1 aromatic carbocycles. The van der Waals surface area contributed by atoms with E-state index in [0.717, 1.165) is 17.9 Å². The second-order valence-electron chi connectivity index (χ2n) is 5.52. The summed E-state index contributed by atoms with van der Waals surface area (Å²) in [4.78, 5) is 28.1. The van der Waals surface area contributed by atoms with Crippen molar-refractivity contribution in [1.82, 2.24) is 10.2 Å². The molecule has 1 atom stereocenters. The number of carbonyl (C=O) groups is 2. The number of hydrogen-bond donors (Lipinski definition) is 1. The molecule has 1 fully saturated rings. The molecule has 3 amide bonds. The summed E-state index contributed by atoms with van der Waals surface area (Å²) in [5, 5.41) is 2.83. The lowest BCUT2D eigenvalue weighted by Gasteiger charge is -2.39. The molecular formula is C17H25N3O3. The minimum absolute atomic E-state index is 0.0726. The van der Waals surface area contributed by atoms with Crippen LogP contribution in [-0.2, 0) is 4.79 Å². The smallest absolute Gasteiger partial charge is 0.318 e. The Labute approximate surface area is 137 Å². The maximum absolute atomic E-state index is 12.6. The third kappa shape index (κ3) is 3.94. The van der Waals surface area contributed by atoms with Crippen molar-refractivity contribution in [3.05, 3.63) is 24.3 Å². The summed E-state index contributed by atoms with van der Waals surface area (Å²) in [5.74, 6) is 0.671. The van der Waals surface area contributed by atoms with Crippen molar-refractivity contribution in [2.75, 3.05) is 31.1 Å². The molecular weight excluding hydrogens is 294 g/mol. The Morgan fingerprint density at radius 2 is 2.13 bits per heavy atom. The summed E-state index contributed by atoms with van der Waals surface area (Å²) in [6.45, 7) is 7.90. The number of nitrogens with zero attached hydrogens (tertiary/aromatic N) is 2. The lowest BCUT2D eigenvalue weighted by molar-refractivity contribution is -0.124. The predicted octanol–water partition coefficient (Wildman–Crippen LogP) is 2.24. The van der Waals surface area contributed by atoms with Crippen molar-refractivity contribution < 1.29 is 14.3 Å². The van der Waals surface area contributed by atoms with Crippen LogP contribution in [0, 0.1) is 0 Å². The maximum Gasteiger partial charge on any atom is 0.318 e. The zero-order chi connectivity index (χ0) is 16.8. The molecule has 0 aliphatic carbocycles. The van der Waals surface area contributed by atoms with E-state index in [0.29, 0.717) is 26.2 Å². The van der Waals surface area contributed by atoms with Gasteiger partial charge in [0.05, 0.1) is 6.61 Å². The number of anilines is 1. The normalized spacial score (nSPS) is 18.0. The molecule has 0 saturated carbocycles. The van der Waals surface area contributed by atoms with Crippen molar-refractivity contribution in [3.8, 4) is 5.75 Å². The number of rotatable bonds is 5. The van der Waals surface area contributed by atoms with E-state index in [9.17, 15) is 9.59 Å². The van der Waals surface area contributed by atoms with Crippen LogP contribution in [0.4, 0.5) is 10.5 Å². The monoisotopic (exact) mass is 319 g/mol. The van der Waals surface area contributed by atoms with Gasteiger partial charge >= 0.3 is 6.03 Å². The average Bonchev–Trinajstić information content (AvgIpc) is 2.55. The number of nitrogens with one attached hydrogen (secondary N) is 1. The van der Waals surface area contributed by atoms with E-state index in [-0.39, 0.29) is 11.9 Å². The van der Waals surface area contributed by atoms with Crippen LogP contribution in [0.15, 0.2) is 24.3 Å². The topological polar surface area (TPSA) is 61.9 Å². The van der Waals surface area contributed by atoms with Crippen LogP contribution >= 0.6 is 0 Å². The van der Waals surface area contributed by atoms with Crippen molar-refractivity contribution in [2.24, 2.45) is 0 Å². The number of hydrogen-bond acceptors (Lipinski definition) is 3.